The molecule has 3 nitrogen and oxygen atoms in total. The minimum Gasteiger partial charge on any atom is -0.364 e. The predicted octanol–water partition coefficient (Wildman–Crippen LogP) is 0.370. The van der Waals surface area contributed by atoms with Gasteiger partial charge in [-0.15, -0.1) is 0 Å². The second-order valence-corrected chi connectivity index (χ2v) is 2.53. The number of carbonyl (C=O) groups excluding carboxylic acids is 1. The van der Waals surface area contributed by atoms with E-state index >= 15 is 0 Å². The summed E-state index contributed by atoms with van der Waals surface area (Å²) in [6.07, 6.45) is 4.50. The van der Waals surface area contributed by atoms with Gasteiger partial charge in [0.25, 0.3) is 5.91 Å². The second kappa shape index (κ2) is 1.99. The maximum atomic E-state index is 10.8. The first kappa shape index (κ1) is 6.22. The summed E-state index contributed by atoms with van der Waals surface area (Å²) in [5.41, 5.74) is 6.86. The van der Waals surface area contributed by atoms with Crippen molar-refractivity contribution in [3.05, 3.63) is 30.1 Å². The first-order valence-corrected chi connectivity index (χ1v) is 3.45. The van der Waals surface area contributed by atoms with Gasteiger partial charge in [0.15, 0.2) is 0 Å². The van der Waals surface area contributed by atoms with E-state index in [2.05, 4.69) is 0 Å². The smallest absolute Gasteiger partial charge is 0.265 e. The van der Waals surface area contributed by atoms with Gasteiger partial charge < -0.3 is 10.3 Å². The largest absolute Gasteiger partial charge is 0.364 e. The molecule has 0 fully saturated rings. The van der Waals surface area contributed by atoms with E-state index in [9.17, 15) is 4.79 Å². The summed E-state index contributed by atoms with van der Waals surface area (Å²) in [7, 11) is 0. The fourth-order valence-electron chi connectivity index (χ4n) is 1.34. The number of hydrogen-bond acceptors (Lipinski definition) is 1. The second-order valence-electron chi connectivity index (χ2n) is 2.53. The summed E-state index contributed by atoms with van der Waals surface area (Å²) >= 11 is 0. The van der Waals surface area contributed by atoms with Crippen LogP contribution >= 0.6 is 0 Å². The normalized spacial score (nSPS) is 14.4. The Kier molecular flexibility index (Phi) is 1.12. The van der Waals surface area contributed by atoms with Crippen molar-refractivity contribution in [3.63, 3.8) is 0 Å². The lowest BCUT2D eigenvalue weighted by atomic mass is 10.3. The Hall–Kier alpha value is -1.51. The molecule has 0 aromatic carbocycles. The van der Waals surface area contributed by atoms with E-state index in [4.69, 9.17) is 5.73 Å². The molecule has 0 unspecified atom stereocenters. The zero-order valence-electron chi connectivity index (χ0n) is 5.95. The van der Waals surface area contributed by atoms with Crippen molar-refractivity contribution < 1.29 is 4.79 Å². The van der Waals surface area contributed by atoms with Crippen molar-refractivity contribution >= 4 is 11.6 Å². The number of nitrogens with two attached hydrogens (primary N) is 1. The van der Waals surface area contributed by atoms with Gasteiger partial charge in [0.1, 0.15) is 5.70 Å². The Morgan fingerprint density at radius 2 is 2.45 bits per heavy atom. The monoisotopic (exact) mass is 148 g/mol. The third-order valence-electron chi connectivity index (χ3n) is 1.85. The first-order chi connectivity index (χ1) is 5.29. The summed E-state index contributed by atoms with van der Waals surface area (Å²) in [6.45, 7) is 0. The number of fused-ring (bicyclic) bond motifs is 1. The third-order valence-corrected chi connectivity index (χ3v) is 1.85. The quantitative estimate of drug-likeness (QED) is 0.614. The van der Waals surface area contributed by atoms with Crippen LogP contribution in [0.15, 0.2) is 24.4 Å². The van der Waals surface area contributed by atoms with Crippen LogP contribution in [0.1, 0.15) is 5.69 Å². The van der Waals surface area contributed by atoms with Gasteiger partial charge in [0.2, 0.25) is 0 Å². The molecular formula is C8H8N2O. The Morgan fingerprint density at radius 3 is 3.18 bits per heavy atom. The van der Waals surface area contributed by atoms with Gasteiger partial charge in [-0.05, 0) is 18.2 Å². The number of primary amides is 1. The molecule has 1 aliphatic rings. The van der Waals surface area contributed by atoms with Gasteiger partial charge in [-0.1, -0.05) is 0 Å². The number of aromatic nitrogens is 1. The van der Waals surface area contributed by atoms with Crippen LogP contribution in [-0.2, 0) is 11.2 Å². The fourth-order valence-corrected chi connectivity index (χ4v) is 1.34. The molecule has 2 heterocycles. The Morgan fingerprint density at radius 1 is 1.64 bits per heavy atom. The third kappa shape index (κ3) is 0.774. The van der Waals surface area contributed by atoms with Gasteiger partial charge in [-0.2, -0.15) is 0 Å². The lowest BCUT2D eigenvalue weighted by Gasteiger charge is -1.99. The molecule has 2 N–H and O–H groups in total. The maximum Gasteiger partial charge on any atom is 0.265 e. The highest BCUT2D eigenvalue weighted by Gasteiger charge is 2.15. The minimum absolute atomic E-state index is 0.361. The summed E-state index contributed by atoms with van der Waals surface area (Å²) in [5.74, 6) is -0.361. The molecule has 0 spiro atoms. The molecule has 0 atom stereocenters. The molecule has 1 aromatic rings. The number of nitrogens with zero attached hydrogens (tertiary/aromatic N) is 1. The number of rotatable bonds is 1. The van der Waals surface area contributed by atoms with Crippen LogP contribution in [0.3, 0.4) is 0 Å². The number of amides is 1. The lowest BCUT2D eigenvalue weighted by molar-refractivity contribution is -0.113. The molecule has 1 aromatic heterocycles. The van der Waals surface area contributed by atoms with E-state index in [1.807, 2.05) is 29.0 Å². The standard InChI is InChI=1S/C8H8N2O/c9-8(11)7-4-3-6-2-1-5-10(6)7/h1-2,4-5H,3H2,(H2,9,11). The molecule has 0 saturated heterocycles. The molecule has 3 heteroatoms. The summed E-state index contributed by atoms with van der Waals surface area (Å²) in [4.78, 5) is 10.8. The molecule has 1 aliphatic heterocycles. The molecule has 56 valence electrons. The zero-order chi connectivity index (χ0) is 7.84. The Labute approximate surface area is 64.1 Å². The number of carbonyl (C=O) groups is 1. The van der Waals surface area contributed by atoms with Gasteiger partial charge >= 0.3 is 0 Å². The van der Waals surface area contributed by atoms with Gasteiger partial charge in [0.05, 0.1) is 0 Å². The summed E-state index contributed by atoms with van der Waals surface area (Å²) in [6, 6.07) is 3.89. The van der Waals surface area contributed by atoms with E-state index in [1.54, 1.807) is 0 Å². The minimum atomic E-state index is -0.361. The lowest BCUT2D eigenvalue weighted by Crippen LogP contribution is -2.15. The predicted molar refractivity (Wildman–Crippen MR) is 41.6 cm³/mol. The van der Waals surface area contributed by atoms with Gasteiger partial charge in [-0.25, -0.2) is 0 Å². The highest BCUT2D eigenvalue weighted by molar-refractivity contribution is 6.13. The maximum absolute atomic E-state index is 10.8. The van der Waals surface area contributed by atoms with Crippen molar-refractivity contribution in [1.29, 1.82) is 0 Å². The molecular weight excluding hydrogens is 140 g/mol. The van der Waals surface area contributed by atoms with E-state index < -0.39 is 0 Å². The summed E-state index contributed by atoms with van der Waals surface area (Å²) < 4.78 is 1.82. The van der Waals surface area contributed by atoms with Crippen LogP contribution in [0.2, 0.25) is 0 Å². The van der Waals surface area contributed by atoms with Gasteiger partial charge in [0, 0.05) is 18.3 Å². The van der Waals surface area contributed by atoms with Crippen LogP contribution in [0.4, 0.5) is 0 Å². The van der Waals surface area contributed by atoms with E-state index in [0.29, 0.717) is 5.70 Å². The van der Waals surface area contributed by atoms with Crippen molar-refractivity contribution in [2.24, 2.45) is 5.73 Å². The van der Waals surface area contributed by atoms with Crippen LogP contribution < -0.4 is 5.73 Å². The van der Waals surface area contributed by atoms with Crippen molar-refractivity contribution in [3.8, 4) is 0 Å². The highest BCUT2D eigenvalue weighted by atomic mass is 16.1. The molecule has 0 aliphatic carbocycles. The first-order valence-electron chi connectivity index (χ1n) is 3.45. The van der Waals surface area contributed by atoms with Crippen LogP contribution in [-0.4, -0.2) is 10.5 Å². The van der Waals surface area contributed by atoms with Crippen molar-refractivity contribution in [2.75, 3.05) is 0 Å². The topological polar surface area (TPSA) is 48.0 Å². The Balaban J connectivity index is 2.50. The highest BCUT2D eigenvalue weighted by Crippen LogP contribution is 2.18. The van der Waals surface area contributed by atoms with Crippen LogP contribution in [0.5, 0.6) is 0 Å². The molecule has 11 heavy (non-hydrogen) atoms. The number of allylic oxidation sites excluding steroid dienone is 1. The Bertz CT molecular complexity index is 336. The zero-order valence-corrected chi connectivity index (χ0v) is 5.95. The van der Waals surface area contributed by atoms with Crippen molar-refractivity contribution in [2.45, 2.75) is 6.42 Å². The SMILES string of the molecule is NC(=O)C1=CCc2cccn21. The molecule has 1 amide bonds. The van der Waals surface area contributed by atoms with E-state index in [-0.39, 0.29) is 5.91 Å². The average molecular weight is 148 g/mol. The van der Waals surface area contributed by atoms with Gasteiger partial charge in [-0.3, -0.25) is 4.79 Å². The average Bonchev–Trinajstić information content (AvgIpc) is 2.41. The molecule has 0 bridgehead atoms. The number of hydrogen-bond donors (Lipinski definition) is 1. The van der Waals surface area contributed by atoms with Crippen LogP contribution in [0, 0.1) is 0 Å². The van der Waals surface area contributed by atoms with E-state index in [0.717, 1.165) is 12.1 Å². The van der Waals surface area contributed by atoms with Crippen LogP contribution in [0.25, 0.3) is 5.70 Å². The molecule has 2 rings (SSSR count). The fraction of sp³-hybridized carbons (Fsp3) is 0.125. The van der Waals surface area contributed by atoms with Crippen molar-refractivity contribution in [1.82, 2.24) is 4.57 Å². The summed E-state index contributed by atoms with van der Waals surface area (Å²) in [5, 5.41) is 0. The van der Waals surface area contributed by atoms with E-state index in [1.165, 1.54) is 0 Å². The molecule has 0 radical (unpaired) electrons. The molecule has 0 saturated carbocycles.